The molecule has 0 bridgehead atoms. The van der Waals surface area contributed by atoms with Gasteiger partial charge in [0.2, 0.25) is 0 Å². The molecule has 0 saturated carbocycles. The number of rotatable bonds is 6. The van der Waals surface area contributed by atoms with Gasteiger partial charge in [0.05, 0.1) is 18.2 Å². The van der Waals surface area contributed by atoms with Crippen LogP contribution in [0.4, 0.5) is 0 Å². The van der Waals surface area contributed by atoms with E-state index in [2.05, 4.69) is 38.2 Å². The van der Waals surface area contributed by atoms with Crippen LogP contribution >= 0.6 is 0 Å². The Morgan fingerprint density at radius 1 is 1.05 bits per heavy atom. The Morgan fingerprint density at radius 3 is 1.95 bits per heavy atom. The van der Waals surface area contributed by atoms with E-state index < -0.39 is 0 Å². The highest BCUT2D eigenvalue weighted by Gasteiger charge is 2.32. The van der Waals surface area contributed by atoms with E-state index in [0.29, 0.717) is 0 Å². The second-order valence-electron chi connectivity index (χ2n) is 6.52. The van der Waals surface area contributed by atoms with Crippen molar-refractivity contribution in [3.63, 3.8) is 0 Å². The van der Waals surface area contributed by atoms with Crippen LogP contribution in [-0.4, -0.2) is 26.4 Å². The molecule has 0 amide bonds. The molecule has 1 aromatic rings. The van der Waals surface area contributed by atoms with Crippen molar-refractivity contribution in [2.45, 2.75) is 52.9 Å². The standard InChI is InChI=1S/C17H29NO2/c1-12(2)20-14-10-8-13(9-11-14)15(18-6)16(19-7)17(3,4)5/h8-12,15-16,18H,1-7H3. The summed E-state index contributed by atoms with van der Waals surface area (Å²) in [4.78, 5) is 0. The molecule has 1 N–H and O–H groups in total. The second-order valence-corrected chi connectivity index (χ2v) is 6.52. The highest BCUT2D eigenvalue weighted by atomic mass is 16.5. The summed E-state index contributed by atoms with van der Waals surface area (Å²) in [7, 11) is 3.75. The van der Waals surface area contributed by atoms with E-state index in [9.17, 15) is 0 Å². The maximum atomic E-state index is 5.72. The molecular formula is C17H29NO2. The van der Waals surface area contributed by atoms with Gasteiger partial charge >= 0.3 is 0 Å². The van der Waals surface area contributed by atoms with Gasteiger partial charge in [-0.15, -0.1) is 0 Å². The minimum Gasteiger partial charge on any atom is -0.491 e. The van der Waals surface area contributed by atoms with E-state index in [1.165, 1.54) is 5.56 Å². The van der Waals surface area contributed by atoms with Gasteiger partial charge < -0.3 is 14.8 Å². The number of likely N-dealkylation sites (N-methyl/N-ethyl adjacent to an activating group) is 1. The highest BCUT2D eigenvalue weighted by Crippen LogP contribution is 2.32. The summed E-state index contributed by atoms with van der Waals surface area (Å²) in [5.74, 6) is 0.906. The van der Waals surface area contributed by atoms with Gasteiger partial charge in [0, 0.05) is 7.11 Å². The Bertz CT molecular complexity index is 392. The van der Waals surface area contributed by atoms with E-state index >= 15 is 0 Å². The number of hydrogen-bond acceptors (Lipinski definition) is 3. The van der Waals surface area contributed by atoms with Crippen LogP contribution in [0.2, 0.25) is 0 Å². The largest absolute Gasteiger partial charge is 0.491 e. The summed E-state index contributed by atoms with van der Waals surface area (Å²) >= 11 is 0. The van der Waals surface area contributed by atoms with Crippen molar-refractivity contribution in [3.8, 4) is 5.75 Å². The lowest BCUT2D eigenvalue weighted by Crippen LogP contribution is -2.40. The van der Waals surface area contributed by atoms with Crippen molar-refractivity contribution >= 4 is 0 Å². The van der Waals surface area contributed by atoms with Gasteiger partial charge in [0.25, 0.3) is 0 Å². The number of methoxy groups -OCH3 is 1. The number of benzene rings is 1. The van der Waals surface area contributed by atoms with E-state index in [-0.39, 0.29) is 23.7 Å². The van der Waals surface area contributed by atoms with Crippen LogP contribution in [0, 0.1) is 5.41 Å². The quantitative estimate of drug-likeness (QED) is 0.859. The Hall–Kier alpha value is -1.06. The zero-order valence-corrected chi connectivity index (χ0v) is 13.9. The molecule has 3 heteroatoms. The number of hydrogen-bond donors (Lipinski definition) is 1. The number of ether oxygens (including phenoxy) is 2. The zero-order chi connectivity index (χ0) is 15.3. The fraction of sp³-hybridized carbons (Fsp3) is 0.647. The molecule has 1 rings (SSSR count). The van der Waals surface area contributed by atoms with Gasteiger partial charge in [0.1, 0.15) is 5.75 Å². The molecule has 0 aliphatic carbocycles. The molecule has 0 fully saturated rings. The van der Waals surface area contributed by atoms with E-state index in [1.54, 1.807) is 7.11 Å². The fourth-order valence-electron chi connectivity index (χ4n) is 2.51. The minimum atomic E-state index is 0.0650. The third-order valence-corrected chi connectivity index (χ3v) is 3.33. The first kappa shape index (κ1) is 17.0. The van der Waals surface area contributed by atoms with Crippen molar-refractivity contribution in [2.75, 3.05) is 14.2 Å². The van der Waals surface area contributed by atoms with Crippen LogP contribution in [0.15, 0.2) is 24.3 Å². The topological polar surface area (TPSA) is 30.5 Å². The van der Waals surface area contributed by atoms with Gasteiger partial charge in [-0.25, -0.2) is 0 Å². The average molecular weight is 279 g/mol. The SMILES string of the molecule is CNC(c1ccc(OC(C)C)cc1)C(OC)C(C)(C)C. The van der Waals surface area contributed by atoms with Gasteiger partial charge in [-0.2, -0.15) is 0 Å². The molecule has 0 heterocycles. The maximum Gasteiger partial charge on any atom is 0.119 e. The lowest BCUT2D eigenvalue weighted by molar-refractivity contribution is -0.0101. The molecule has 2 unspecified atom stereocenters. The summed E-state index contributed by atoms with van der Waals surface area (Å²) in [5, 5.41) is 3.37. The highest BCUT2D eigenvalue weighted by molar-refractivity contribution is 5.30. The Kier molecular flexibility index (Phi) is 6.03. The van der Waals surface area contributed by atoms with Crippen molar-refractivity contribution in [1.82, 2.24) is 5.32 Å². The molecule has 0 radical (unpaired) electrons. The fourth-order valence-corrected chi connectivity index (χ4v) is 2.51. The molecule has 3 nitrogen and oxygen atoms in total. The van der Waals surface area contributed by atoms with Gasteiger partial charge in [0.15, 0.2) is 0 Å². The molecular weight excluding hydrogens is 250 g/mol. The maximum absolute atomic E-state index is 5.72. The average Bonchev–Trinajstić information content (AvgIpc) is 2.34. The Morgan fingerprint density at radius 2 is 1.60 bits per heavy atom. The molecule has 0 aliphatic heterocycles. The summed E-state index contributed by atoms with van der Waals surface area (Å²) in [6.45, 7) is 10.7. The van der Waals surface area contributed by atoms with Gasteiger partial charge in [-0.05, 0) is 44.0 Å². The van der Waals surface area contributed by atoms with E-state index in [1.807, 2.05) is 33.0 Å². The number of nitrogens with one attached hydrogen (secondary N) is 1. The summed E-state index contributed by atoms with van der Waals surface area (Å²) in [6, 6.07) is 8.42. The zero-order valence-electron chi connectivity index (χ0n) is 13.9. The third kappa shape index (κ3) is 4.50. The Labute approximate surface area is 123 Å². The van der Waals surface area contributed by atoms with Crippen molar-refractivity contribution in [1.29, 1.82) is 0 Å². The predicted octanol–water partition coefficient (Wildman–Crippen LogP) is 3.80. The lowest BCUT2D eigenvalue weighted by Gasteiger charge is -2.36. The van der Waals surface area contributed by atoms with Crippen LogP contribution in [0.3, 0.4) is 0 Å². The molecule has 0 saturated heterocycles. The van der Waals surface area contributed by atoms with Crippen molar-refractivity contribution in [2.24, 2.45) is 5.41 Å². The summed E-state index contributed by atoms with van der Waals surface area (Å²) in [5.41, 5.74) is 1.28. The Balaban J connectivity index is 2.95. The first-order valence-electron chi connectivity index (χ1n) is 7.26. The predicted molar refractivity (Wildman–Crippen MR) is 84.3 cm³/mol. The molecule has 0 aromatic heterocycles. The minimum absolute atomic E-state index is 0.0650. The molecule has 114 valence electrons. The molecule has 0 spiro atoms. The molecule has 20 heavy (non-hydrogen) atoms. The normalized spacial score (nSPS) is 15.2. The lowest BCUT2D eigenvalue weighted by atomic mass is 9.82. The second kappa shape index (κ2) is 7.09. The van der Waals surface area contributed by atoms with Crippen molar-refractivity contribution in [3.05, 3.63) is 29.8 Å². The first-order valence-corrected chi connectivity index (χ1v) is 7.26. The van der Waals surface area contributed by atoms with Gasteiger partial charge in [-0.3, -0.25) is 0 Å². The van der Waals surface area contributed by atoms with Crippen LogP contribution in [-0.2, 0) is 4.74 Å². The van der Waals surface area contributed by atoms with Crippen LogP contribution in [0.1, 0.15) is 46.2 Å². The first-order chi connectivity index (χ1) is 9.29. The molecule has 0 aliphatic rings. The third-order valence-electron chi connectivity index (χ3n) is 3.33. The van der Waals surface area contributed by atoms with Crippen LogP contribution < -0.4 is 10.1 Å². The monoisotopic (exact) mass is 279 g/mol. The van der Waals surface area contributed by atoms with E-state index in [0.717, 1.165) is 5.75 Å². The van der Waals surface area contributed by atoms with Gasteiger partial charge in [-0.1, -0.05) is 32.9 Å². The van der Waals surface area contributed by atoms with Crippen LogP contribution in [0.5, 0.6) is 5.75 Å². The summed E-state index contributed by atoms with van der Waals surface area (Å²) < 4.78 is 11.4. The van der Waals surface area contributed by atoms with Crippen molar-refractivity contribution < 1.29 is 9.47 Å². The molecule has 2 atom stereocenters. The summed E-state index contributed by atoms with van der Waals surface area (Å²) in [6.07, 6.45) is 0.298. The van der Waals surface area contributed by atoms with E-state index in [4.69, 9.17) is 9.47 Å². The van der Waals surface area contributed by atoms with Crippen LogP contribution in [0.25, 0.3) is 0 Å². The molecule has 1 aromatic carbocycles. The smallest absolute Gasteiger partial charge is 0.119 e.